The summed E-state index contributed by atoms with van der Waals surface area (Å²) < 4.78 is 12.8. The molecule has 0 N–H and O–H groups in total. The molecule has 2 nitrogen and oxygen atoms in total. The predicted molar refractivity (Wildman–Crippen MR) is 39.2 cm³/mol. The molecule has 1 fully saturated rings. The van der Waals surface area contributed by atoms with Crippen LogP contribution in [0.3, 0.4) is 0 Å². The quantitative estimate of drug-likeness (QED) is 0.506. The van der Waals surface area contributed by atoms with Crippen LogP contribution >= 0.6 is 0 Å². The van der Waals surface area contributed by atoms with Crippen molar-refractivity contribution < 1.29 is 4.55 Å². The molecule has 0 aromatic heterocycles. The minimum Gasteiger partial charge on any atom is -0.598 e. The van der Waals surface area contributed by atoms with Crippen LogP contribution < -0.4 is 0 Å². The van der Waals surface area contributed by atoms with E-state index in [2.05, 4.69) is 6.42 Å². The number of hydrogen-bond acceptors (Lipinski definition) is 2. The zero-order valence-electron chi connectivity index (χ0n) is 5.67. The van der Waals surface area contributed by atoms with Crippen molar-refractivity contribution in [3.8, 4) is 0 Å². The van der Waals surface area contributed by atoms with Crippen LogP contribution in [0.25, 0.3) is 0 Å². The Kier molecular flexibility index (Phi) is 2.82. The summed E-state index contributed by atoms with van der Waals surface area (Å²) in [7, 11) is 0. The van der Waals surface area contributed by atoms with Crippen molar-refractivity contribution in [1.82, 2.24) is 4.31 Å². The fourth-order valence-electron chi connectivity index (χ4n) is 0.984. The van der Waals surface area contributed by atoms with E-state index in [-0.39, 0.29) is 0 Å². The van der Waals surface area contributed by atoms with Crippen molar-refractivity contribution in [1.29, 1.82) is 0 Å². The molecule has 0 spiro atoms. The van der Waals surface area contributed by atoms with Gasteiger partial charge in [0.25, 0.3) is 0 Å². The molecule has 1 heterocycles. The smallest absolute Gasteiger partial charge is 0.115 e. The minimum atomic E-state index is -0.739. The summed E-state index contributed by atoms with van der Waals surface area (Å²) in [6, 6.07) is 0. The highest BCUT2D eigenvalue weighted by molar-refractivity contribution is 7.88. The Bertz CT molecular complexity index is 81.1. The van der Waals surface area contributed by atoms with Gasteiger partial charge in [0.1, 0.15) is 6.26 Å². The van der Waals surface area contributed by atoms with E-state index < -0.39 is 11.4 Å². The molecule has 9 heavy (non-hydrogen) atoms. The first-order valence-corrected chi connectivity index (χ1v) is 4.72. The first-order chi connectivity index (χ1) is 4.30. The second-order valence-corrected chi connectivity index (χ2v) is 3.58. The predicted octanol–water partition coefficient (Wildman–Crippen LogP) is 0.580. The van der Waals surface area contributed by atoms with Crippen molar-refractivity contribution in [2.24, 2.45) is 0 Å². The molecule has 0 amide bonds. The summed E-state index contributed by atoms with van der Waals surface area (Å²) in [4.78, 5) is 0. The van der Waals surface area contributed by atoms with E-state index in [1.807, 2.05) is 4.31 Å². The normalized spacial score (nSPS) is 26.0. The van der Waals surface area contributed by atoms with Gasteiger partial charge in [0.15, 0.2) is 0 Å². The molecule has 3 heteroatoms. The van der Waals surface area contributed by atoms with Gasteiger partial charge in [-0.3, -0.25) is 0 Å². The molecule has 1 atom stereocenters. The van der Waals surface area contributed by atoms with Crippen LogP contribution in [0.2, 0.25) is 0 Å². The lowest BCUT2D eigenvalue weighted by Crippen LogP contribution is -2.34. The van der Waals surface area contributed by atoms with E-state index in [1.165, 1.54) is 0 Å². The second-order valence-electron chi connectivity index (χ2n) is 2.22. The Labute approximate surface area is 59.5 Å². The Morgan fingerprint density at radius 1 is 1.44 bits per heavy atom. The van der Waals surface area contributed by atoms with E-state index in [0.29, 0.717) is 0 Å². The lowest BCUT2D eigenvalue weighted by atomic mass is 10.2. The molecule has 1 radical (unpaired) electrons. The maximum absolute atomic E-state index is 10.8. The lowest BCUT2D eigenvalue weighted by Gasteiger charge is -2.24. The Morgan fingerprint density at radius 3 is 2.33 bits per heavy atom. The highest BCUT2D eigenvalue weighted by atomic mass is 32.2. The molecule has 53 valence electrons. The zero-order chi connectivity index (χ0) is 6.69. The van der Waals surface area contributed by atoms with Gasteiger partial charge in [0.2, 0.25) is 0 Å². The fraction of sp³-hybridized carbons (Fsp3) is 0.833. The van der Waals surface area contributed by atoms with Gasteiger partial charge in [-0.1, -0.05) is 0 Å². The first kappa shape index (κ1) is 7.38. The zero-order valence-corrected chi connectivity index (χ0v) is 6.49. The van der Waals surface area contributed by atoms with Crippen LogP contribution in [0.4, 0.5) is 0 Å². The summed E-state index contributed by atoms with van der Waals surface area (Å²) in [5.74, 6) is 0. The second kappa shape index (κ2) is 3.44. The van der Waals surface area contributed by atoms with E-state index >= 15 is 0 Å². The molecular weight excluding hydrogens is 134 g/mol. The van der Waals surface area contributed by atoms with E-state index in [0.717, 1.165) is 25.9 Å². The van der Waals surface area contributed by atoms with Crippen LogP contribution in [0.15, 0.2) is 0 Å². The Morgan fingerprint density at radius 2 is 2.00 bits per heavy atom. The standard InChI is InChI=1S/C6H12NOS/c1-9(8)7-5-3-2-4-6-7/h2H,3-6H2,1H3. The van der Waals surface area contributed by atoms with E-state index in [4.69, 9.17) is 0 Å². The fourth-order valence-corrected chi connectivity index (χ4v) is 1.71. The van der Waals surface area contributed by atoms with Crippen molar-refractivity contribution in [2.75, 3.05) is 19.3 Å². The van der Waals surface area contributed by atoms with Crippen LogP contribution in [-0.2, 0) is 11.4 Å². The average molecular weight is 146 g/mol. The summed E-state index contributed by atoms with van der Waals surface area (Å²) in [6.45, 7) is 1.95. The van der Waals surface area contributed by atoms with Crippen LogP contribution in [0.5, 0.6) is 0 Å². The number of hydrogen-bond donors (Lipinski definition) is 0. The largest absolute Gasteiger partial charge is 0.598 e. The Balaban J connectivity index is 2.23. The van der Waals surface area contributed by atoms with Gasteiger partial charge in [-0.25, -0.2) is 0 Å². The van der Waals surface area contributed by atoms with Crippen LogP contribution in [-0.4, -0.2) is 28.2 Å². The van der Waals surface area contributed by atoms with Gasteiger partial charge >= 0.3 is 0 Å². The van der Waals surface area contributed by atoms with Gasteiger partial charge in [-0.2, -0.15) is 0 Å². The van der Waals surface area contributed by atoms with Crippen molar-refractivity contribution in [3.63, 3.8) is 0 Å². The van der Waals surface area contributed by atoms with Gasteiger partial charge in [-0.15, -0.1) is 4.31 Å². The van der Waals surface area contributed by atoms with Crippen molar-refractivity contribution >= 4 is 11.4 Å². The number of rotatable bonds is 1. The molecule has 1 rings (SSSR count). The van der Waals surface area contributed by atoms with Crippen LogP contribution in [0.1, 0.15) is 12.8 Å². The third-order valence-corrected chi connectivity index (χ3v) is 2.62. The van der Waals surface area contributed by atoms with E-state index in [1.54, 1.807) is 6.26 Å². The molecule has 0 aliphatic carbocycles. The Hall–Kier alpha value is 0.270. The summed E-state index contributed by atoms with van der Waals surface area (Å²) >= 11 is -0.739. The first-order valence-electron chi connectivity index (χ1n) is 3.21. The van der Waals surface area contributed by atoms with Gasteiger partial charge in [0, 0.05) is 24.5 Å². The molecule has 1 aliphatic rings. The monoisotopic (exact) mass is 146 g/mol. The number of piperidine rings is 1. The molecule has 0 bridgehead atoms. The molecule has 1 aliphatic heterocycles. The van der Waals surface area contributed by atoms with Gasteiger partial charge in [0.05, 0.1) is 0 Å². The average Bonchev–Trinajstić information content (AvgIpc) is 1.90. The molecule has 0 saturated carbocycles. The molecular formula is C6H12NOS. The van der Waals surface area contributed by atoms with Gasteiger partial charge in [-0.05, 0) is 19.3 Å². The third kappa shape index (κ3) is 2.16. The van der Waals surface area contributed by atoms with Crippen LogP contribution in [0, 0.1) is 6.42 Å². The van der Waals surface area contributed by atoms with Crippen molar-refractivity contribution in [2.45, 2.75) is 12.8 Å². The van der Waals surface area contributed by atoms with Crippen molar-refractivity contribution in [3.05, 3.63) is 6.42 Å². The maximum Gasteiger partial charge on any atom is 0.115 e. The third-order valence-electron chi connectivity index (χ3n) is 1.53. The summed E-state index contributed by atoms with van der Waals surface area (Å²) in [5.41, 5.74) is 0. The summed E-state index contributed by atoms with van der Waals surface area (Å²) in [6.07, 6.45) is 6.19. The highest BCUT2D eigenvalue weighted by Gasteiger charge is 2.16. The van der Waals surface area contributed by atoms with Gasteiger partial charge < -0.3 is 4.55 Å². The molecule has 1 saturated heterocycles. The summed E-state index contributed by atoms with van der Waals surface area (Å²) in [5, 5.41) is 0. The lowest BCUT2D eigenvalue weighted by molar-refractivity contribution is 0.387. The van der Waals surface area contributed by atoms with E-state index in [9.17, 15) is 4.55 Å². The molecule has 0 aromatic carbocycles. The molecule has 1 unspecified atom stereocenters. The molecule has 0 aromatic rings. The maximum atomic E-state index is 10.8. The highest BCUT2D eigenvalue weighted by Crippen LogP contribution is 2.10. The minimum absolute atomic E-state index is 0.739. The SMILES string of the molecule is C[S+]([O-])N1CC[CH]CC1. The number of nitrogens with zero attached hydrogens (tertiary/aromatic N) is 1. The topological polar surface area (TPSA) is 26.3 Å².